The summed E-state index contributed by atoms with van der Waals surface area (Å²) in [5.41, 5.74) is 20.4. The average molecular weight is 824 g/mol. The van der Waals surface area contributed by atoms with Gasteiger partial charge in [0.25, 0.3) is 11.8 Å². The Labute approximate surface area is 343 Å². The maximum absolute atomic E-state index is 13.4. The molecule has 3 rings (SSSR count). The molecule has 1 heterocycles. The van der Waals surface area contributed by atoms with E-state index in [0.29, 0.717) is 24.9 Å². The van der Waals surface area contributed by atoms with Gasteiger partial charge in [-0.15, -0.1) is 0 Å². The molecule has 0 aromatic heterocycles. The summed E-state index contributed by atoms with van der Waals surface area (Å²) >= 11 is 0. The molecular formula is C39H58BN9O10. The number of amides is 7. The van der Waals surface area contributed by atoms with Gasteiger partial charge in [0.05, 0.1) is 18.5 Å². The molecule has 1 aliphatic heterocycles. The number of aryl methyl sites for hydroxylation is 1. The van der Waals surface area contributed by atoms with Crippen molar-refractivity contribution in [3.05, 3.63) is 59.7 Å². The van der Waals surface area contributed by atoms with E-state index in [0.717, 1.165) is 30.4 Å². The molecule has 322 valence electrons. The number of nitrogens with one attached hydrogen (secondary N) is 6. The molecule has 59 heavy (non-hydrogen) atoms. The highest BCUT2D eigenvalue weighted by Gasteiger charge is 2.37. The first-order chi connectivity index (χ1) is 28.1. The average Bonchev–Trinajstić information content (AvgIpc) is 3.61. The number of nitrogens with two attached hydrogens (primary N) is 3. The van der Waals surface area contributed by atoms with Crippen LogP contribution in [0.15, 0.2) is 48.5 Å². The zero-order valence-corrected chi connectivity index (χ0v) is 33.5. The Morgan fingerprint density at radius 2 is 1.51 bits per heavy atom. The van der Waals surface area contributed by atoms with Gasteiger partial charge in [-0.2, -0.15) is 0 Å². The van der Waals surface area contributed by atoms with Crippen molar-refractivity contribution >= 4 is 48.5 Å². The minimum absolute atomic E-state index is 0.0413. The first kappa shape index (κ1) is 48.0. The molecule has 1 unspecified atom stereocenters. The molecule has 1 saturated heterocycles. The summed E-state index contributed by atoms with van der Waals surface area (Å²) in [5.74, 6) is -6.60. The van der Waals surface area contributed by atoms with E-state index in [1.54, 1.807) is 12.1 Å². The van der Waals surface area contributed by atoms with Crippen molar-refractivity contribution in [2.24, 2.45) is 17.2 Å². The number of carbonyl (C=O) groups excluding carboxylic acids is 7. The summed E-state index contributed by atoms with van der Waals surface area (Å²) in [6.07, 6.45) is 0.463. The fourth-order valence-corrected chi connectivity index (χ4v) is 6.12. The van der Waals surface area contributed by atoms with Crippen LogP contribution in [0.3, 0.4) is 0 Å². The van der Waals surface area contributed by atoms with Gasteiger partial charge in [0.2, 0.25) is 29.5 Å². The molecule has 19 nitrogen and oxygen atoms in total. The second kappa shape index (κ2) is 24.5. The zero-order chi connectivity index (χ0) is 43.5. The van der Waals surface area contributed by atoms with Gasteiger partial charge >= 0.3 is 7.12 Å². The lowest BCUT2D eigenvalue weighted by molar-refractivity contribution is -0.136. The number of hydrogen-bond donors (Lipinski definition) is 11. The van der Waals surface area contributed by atoms with Crippen LogP contribution in [-0.4, -0.2) is 115 Å². The Morgan fingerprint density at radius 3 is 2.08 bits per heavy atom. The maximum atomic E-state index is 13.4. The molecule has 6 atom stereocenters. The lowest BCUT2D eigenvalue weighted by atomic mass is 9.80. The van der Waals surface area contributed by atoms with Gasteiger partial charge in [-0.25, -0.2) is 0 Å². The summed E-state index contributed by atoms with van der Waals surface area (Å²) in [6.45, 7) is 3.80. The summed E-state index contributed by atoms with van der Waals surface area (Å²) in [7, 11) is -1.29. The molecule has 0 saturated carbocycles. The van der Waals surface area contributed by atoms with Crippen LogP contribution in [0.4, 0.5) is 0 Å². The van der Waals surface area contributed by atoms with Gasteiger partial charge in [-0.1, -0.05) is 49.7 Å². The molecule has 0 radical (unpaired) electrons. The predicted octanol–water partition coefficient (Wildman–Crippen LogP) is -2.02. The lowest BCUT2D eigenvalue weighted by Crippen LogP contribution is -2.63. The smallest absolute Gasteiger partial charge is 0.426 e. The molecule has 20 heteroatoms. The van der Waals surface area contributed by atoms with E-state index in [1.165, 1.54) is 12.5 Å². The Hall–Kier alpha value is -5.41. The van der Waals surface area contributed by atoms with Crippen molar-refractivity contribution < 1.29 is 48.3 Å². The van der Waals surface area contributed by atoms with Crippen molar-refractivity contribution in [1.29, 1.82) is 0 Å². The summed E-state index contributed by atoms with van der Waals surface area (Å²) in [4.78, 5) is 89.6. The predicted molar refractivity (Wildman–Crippen MR) is 218 cm³/mol. The largest absolute Gasteiger partial charge is 0.478 e. The van der Waals surface area contributed by atoms with Crippen molar-refractivity contribution in [3.63, 3.8) is 0 Å². The van der Waals surface area contributed by atoms with Crippen molar-refractivity contribution in [3.8, 4) is 11.1 Å². The molecule has 0 bridgehead atoms. The van der Waals surface area contributed by atoms with Crippen LogP contribution in [0.1, 0.15) is 81.1 Å². The summed E-state index contributed by atoms with van der Waals surface area (Å²) < 4.78 is 4.98. The second-order valence-corrected chi connectivity index (χ2v) is 14.4. The number of carbonyl (C=O) groups is 7. The van der Waals surface area contributed by atoms with Crippen molar-refractivity contribution in [2.75, 3.05) is 19.7 Å². The molecule has 7 amide bonds. The van der Waals surface area contributed by atoms with Gasteiger partial charge in [0.1, 0.15) is 18.1 Å². The SMILES string of the molecule is CCCCc1ccc(-c2ccc(C(=O)NCCC(=O)N[C@@H](CCCCN)C(=O)N[C@H](C(=O)N[C@@H](N)C(=O)N[C@@H](CC(N)=O)C(=O)N[C@H]3CCOB3O)C(C)O)cc2)cc1. The molecule has 1 fully saturated rings. The molecule has 2 aromatic carbocycles. The monoisotopic (exact) mass is 823 g/mol. The molecule has 0 spiro atoms. The van der Waals surface area contributed by atoms with Crippen LogP contribution in [0.5, 0.6) is 0 Å². The minimum Gasteiger partial charge on any atom is -0.426 e. The molecule has 0 aliphatic carbocycles. The van der Waals surface area contributed by atoms with Gasteiger partial charge in [-0.3, -0.25) is 33.6 Å². The Morgan fingerprint density at radius 1 is 0.847 bits per heavy atom. The zero-order valence-electron chi connectivity index (χ0n) is 33.5. The van der Waals surface area contributed by atoms with Crippen LogP contribution in [0.25, 0.3) is 11.1 Å². The number of hydrogen-bond acceptors (Lipinski definition) is 12. The number of benzene rings is 2. The standard InChI is InChI=1S/C39H58BN9O10/c1-3-4-7-24-9-11-25(12-10-24)26-13-15-27(16-14-26)35(53)44-20-17-32(52)45-28(8-5-6-19-41)36(54)48-33(23(2)50)38(56)49-34(43)39(57)46-29(22-31(42)51)37(55)47-30-18-21-59-40(30)58/h9-16,23,28-30,33-34,50,58H,3-8,17-22,41,43H2,1-2H3,(H2,42,51)(H,44,53)(H,45,52)(H,46,57)(H,47,55)(H,48,54)(H,49,56)/t23?,28-,29-,30-,33-,34+/m0/s1. The third-order valence-corrected chi connectivity index (χ3v) is 9.56. The normalized spacial score (nSPS) is 16.1. The Kier molecular flexibility index (Phi) is 19.9. The Bertz CT molecular complexity index is 1730. The maximum Gasteiger partial charge on any atom is 0.478 e. The lowest BCUT2D eigenvalue weighted by Gasteiger charge is -2.26. The van der Waals surface area contributed by atoms with Crippen molar-refractivity contribution in [2.45, 2.75) is 108 Å². The highest BCUT2D eigenvalue weighted by Crippen LogP contribution is 2.21. The number of primary amides is 1. The fraction of sp³-hybridized carbons (Fsp3) is 0.513. The van der Waals surface area contributed by atoms with Gasteiger partial charge in [-0.05, 0) is 80.8 Å². The number of aliphatic hydroxyl groups is 1. The number of aliphatic hydroxyl groups excluding tert-OH is 1. The first-order valence-electron chi connectivity index (χ1n) is 19.8. The van der Waals surface area contributed by atoms with E-state index in [2.05, 4.69) is 63.1 Å². The topological polar surface area (TPSA) is 319 Å². The number of unbranched alkanes of at least 4 members (excludes halogenated alkanes) is 2. The first-order valence-corrected chi connectivity index (χ1v) is 19.8. The van der Waals surface area contributed by atoms with Crippen LogP contribution < -0.4 is 49.1 Å². The number of rotatable bonds is 24. The van der Waals surface area contributed by atoms with Crippen LogP contribution in [0.2, 0.25) is 0 Å². The van der Waals surface area contributed by atoms with E-state index >= 15 is 0 Å². The highest BCUT2D eigenvalue weighted by atomic mass is 16.5. The third kappa shape index (κ3) is 16.0. The molecule has 1 aliphatic rings. The van der Waals surface area contributed by atoms with E-state index in [-0.39, 0.29) is 38.3 Å². The van der Waals surface area contributed by atoms with E-state index < -0.39 is 85.3 Å². The summed E-state index contributed by atoms with van der Waals surface area (Å²) in [6, 6.07) is 11.1. The second-order valence-electron chi connectivity index (χ2n) is 14.4. The van der Waals surface area contributed by atoms with Crippen LogP contribution in [-0.2, 0) is 39.8 Å². The highest BCUT2D eigenvalue weighted by molar-refractivity contribution is 6.46. The van der Waals surface area contributed by atoms with Crippen molar-refractivity contribution in [1.82, 2.24) is 31.9 Å². The van der Waals surface area contributed by atoms with Gasteiger partial charge in [0.15, 0.2) is 6.17 Å². The minimum atomic E-state index is -1.83. The Balaban J connectivity index is 1.54. The molecule has 14 N–H and O–H groups in total. The fourth-order valence-electron chi connectivity index (χ4n) is 6.12. The summed E-state index contributed by atoms with van der Waals surface area (Å²) in [5, 5.41) is 34.7. The van der Waals surface area contributed by atoms with Gasteiger partial charge < -0.3 is 63.9 Å². The quantitative estimate of drug-likeness (QED) is 0.0311. The van der Waals surface area contributed by atoms with Crippen LogP contribution >= 0.6 is 0 Å². The van der Waals surface area contributed by atoms with Gasteiger partial charge in [0, 0.05) is 25.1 Å². The van der Waals surface area contributed by atoms with E-state index in [4.69, 9.17) is 21.9 Å². The van der Waals surface area contributed by atoms with E-state index in [1.807, 2.05) is 12.1 Å². The van der Waals surface area contributed by atoms with E-state index in [9.17, 15) is 43.7 Å². The molecule has 2 aromatic rings. The molecular weight excluding hydrogens is 765 g/mol. The third-order valence-electron chi connectivity index (χ3n) is 9.56. The van der Waals surface area contributed by atoms with Crippen LogP contribution in [0, 0.1) is 0 Å².